The molecular weight excluding hydrogens is 460 g/mol. The van der Waals surface area contributed by atoms with Gasteiger partial charge in [0, 0.05) is 24.2 Å². The number of sulfonamides is 1. The summed E-state index contributed by atoms with van der Waals surface area (Å²) in [6.45, 7) is 5.20. The van der Waals surface area contributed by atoms with E-state index < -0.39 is 10.0 Å². The molecule has 2 atom stereocenters. The number of nitrogens with one attached hydrogen (secondary N) is 2. The van der Waals surface area contributed by atoms with Gasteiger partial charge in [-0.2, -0.15) is 4.31 Å². The van der Waals surface area contributed by atoms with Crippen LogP contribution in [0, 0.1) is 11.8 Å². The Balaban J connectivity index is 1.36. The van der Waals surface area contributed by atoms with E-state index >= 15 is 0 Å². The van der Waals surface area contributed by atoms with Crippen LogP contribution in [0.4, 0.5) is 5.69 Å². The molecule has 1 saturated heterocycles. The Morgan fingerprint density at radius 3 is 2.31 bits per heavy atom. The predicted octanol–water partition coefficient (Wildman–Crippen LogP) is 5.15. The number of aromatic amines is 1. The van der Waals surface area contributed by atoms with Crippen molar-refractivity contribution in [3.8, 4) is 11.4 Å². The maximum atomic E-state index is 13.1. The van der Waals surface area contributed by atoms with Crippen molar-refractivity contribution in [2.24, 2.45) is 11.8 Å². The number of imidazole rings is 1. The van der Waals surface area contributed by atoms with Crippen molar-refractivity contribution in [1.29, 1.82) is 0 Å². The van der Waals surface area contributed by atoms with Crippen LogP contribution in [0.5, 0.6) is 0 Å². The summed E-state index contributed by atoms with van der Waals surface area (Å²) in [5.41, 5.74) is 3.52. The molecule has 2 heterocycles. The maximum Gasteiger partial charge on any atom is 0.255 e. The molecular formula is C27H28N4O3S. The Labute approximate surface area is 205 Å². The van der Waals surface area contributed by atoms with Gasteiger partial charge in [-0.25, -0.2) is 13.4 Å². The van der Waals surface area contributed by atoms with E-state index in [4.69, 9.17) is 0 Å². The van der Waals surface area contributed by atoms with Crippen molar-refractivity contribution < 1.29 is 13.2 Å². The molecule has 5 rings (SSSR count). The molecule has 3 aromatic carbocycles. The number of nitrogens with zero attached hydrogens (tertiary/aromatic N) is 2. The molecule has 1 aromatic heterocycles. The Bertz CT molecular complexity index is 1430. The lowest BCUT2D eigenvalue weighted by Gasteiger charge is -2.34. The van der Waals surface area contributed by atoms with Gasteiger partial charge >= 0.3 is 0 Å². The van der Waals surface area contributed by atoms with Crippen molar-refractivity contribution in [2.75, 3.05) is 18.4 Å². The summed E-state index contributed by atoms with van der Waals surface area (Å²) in [5.74, 6) is 0.988. The molecule has 1 fully saturated rings. The van der Waals surface area contributed by atoms with Crippen LogP contribution >= 0.6 is 0 Å². The number of carbonyl (C=O) groups is 1. The fraction of sp³-hybridized carbons (Fsp3) is 0.259. The van der Waals surface area contributed by atoms with Crippen molar-refractivity contribution >= 4 is 32.7 Å². The molecule has 0 bridgehead atoms. The highest BCUT2D eigenvalue weighted by Crippen LogP contribution is 2.29. The molecule has 7 nitrogen and oxygen atoms in total. The molecule has 1 amide bonds. The van der Waals surface area contributed by atoms with Crippen molar-refractivity contribution in [3.63, 3.8) is 0 Å². The minimum atomic E-state index is -3.60. The highest BCUT2D eigenvalue weighted by Gasteiger charge is 2.31. The molecule has 2 N–H and O–H groups in total. The number of H-pyrrole nitrogens is 1. The van der Waals surface area contributed by atoms with E-state index in [9.17, 15) is 13.2 Å². The first-order valence-corrected chi connectivity index (χ1v) is 13.2. The molecule has 180 valence electrons. The topological polar surface area (TPSA) is 95.2 Å². The number of hydrogen-bond donors (Lipinski definition) is 2. The summed E-state index contributed by atoms with van der Waals surface area (Å²) < 4.78 is 27.8. The summed E-state index contributed by atoms with van der Waals surface area (Å²) >= 11 is 0. The van der Waals surface area contributed by atoms with Crippen LogP contribution < -0.4 is 5.32 Å². The monoisotopic (exact) mass is 488 g/mol. The number of carbonyl (C=O) groups excluding carboxylic acids is 1. The van der Waals surface area contributed by atoms with Gasteiger partial charge in [-0.3, -0.25) is 4.79 Å². The molecule has 1 aliphatic rings. The summed E-state index contributed by atoms with van der Waals surface area (Å²) in [7, 11) is -3.60. The molecule has 0 radical (unpaired) electrons. The highest BCUT2D eigenvalue weighted by molar-refractivity contribution is 7.89. The minimum Gasteiger partial charge on any atom is -0.338 e. The van der Waals surface area contributed by atoms with E-state index in [0.717, 1.165) is 23.0 Å². The van der Waals surface area contributed by atoms with Gasteiger partial charge in [0.15, 0.2) is 0 Å². The van der Waals surface area contributed by atoms with Gasteiger partial charge in [0.05, 0.1) is 21.6 Å². The molecule has 0 spiro atoms. The lowest BCUT2D eigenvalue weighted by Crippen LogP contribution is -2.42. The number of amides is 1. The Kier molecular flexibility index (Phi) is 6.17. The molecule has 0 saturated carbocycles. The van der Waals surface area contributed by atoms with Crippen LogP contribution in [-0.4, -0.2) is 41.7 Å². The summed E-state index contributed by atoms with van der Waals surface area (Å²) in [5, 5.41) is 2.94. The number of anilines is 1. The first-order valence-electron chi connectivity index (χ1n) is 11.8. The number of fused-ring (bicyclic) bond motifs is 1. The third-order valence-corrected chi connectivity index (χ3v) is 8.26. The number of para-hydroxylation sites is 3. The standard InChI is InChI=1S/C27H28N4O3S/c1-18-15-19(2)17-31(16-18)35(33,34)21-13-11-20(12-14-21)27(32)30-23-8-4-3-7-22(23)26-28-24-9-5-6-10-25(24)29-26/h3-14,18-19H,15-17H2,1-2H3,(H,28,29)(H,30,32). The molecule has 8 heteroatoms. The van der Waals surface area contributed by atoms with Crippen LogP contribution in [0.2, 0.25) is 0 Å². The van der Waals surface area contributed by atoms with E-state index in [1.165, 1.54) is 12.1 Å². The van der Waals surface area contributed by atoms with E-state index in [1.54, 1.807) is 16.4 Å². The van der Waals surface area contributed by atoms with Gasteiger partial charge in [0.2, 0.25) is 10.0 Å². The summed E-state index contributed by atoms with van der Waals surface area (Å²) in [6, 6.07) is 21.3. The van der Waals surface area contributed by atoms with Gasteiger partial charge in [0.25, 0.3) is 5.91 Å². The van der Waals surface area contributed by atoms with E-state index in [0.29, 0.717) is 42.0 Å². The van der Waals surface area contributed by atoms with Crippen molar-refractivity contribution in [3.05, 3.63) is 78.4 Å². The van der Waals surface area contributed by atoms with E-state index in [-0.39, 0.29) is 10.8 Å². The van der Waals surface area contributed by atoms with Crippen LogP contribution in [-0.2, 0) is 10.0 Å². The summed E-state index contributed by atoms with van der Waals surface area (Å²) in [6.07, 6.45) is 1.03. The molecule has 2 unspecified atom stereocenters. The Hall–Kier alpha value is -3.49. The fourth-order valence-electron chi connectivity index (χ4n) is 4.80. The second-order valence-electron chi connectivity index (χ2n) is 9.39. The largest absolute Gasteiger partial charge is 0.338 e. The summed E-state index contributed by atoms with van der Waals surface area (Å²) in [4.78, 5) is 21.2. The van der Waals surface area contributed by atoms with Gasteiger partial charge in [-0.15, -0.1) is 0 Å². The van der Waals surface area contributed by atoms with Crippen molar-refractivity contribution in [2.45, 2.75) is 25.2 Å². The maximum absolute atomic E-state index is 13.1. The van der Waals surface area contributed by atoms with Crippen LogP contribution in [0.1, 0.15) is 30.6 Å². The number of benzene rings is 3. The zero-order chi connectivity index (χ0) is 24.6. The quantitative estimate of drug-likeness (QED) is 0.406. The van der Waals surface area contributed by atoms with Crippen LogP contribution in [0.25, 0.3) is 22.4 Å². The van der Waals surface area contributed by atoms with Gasteiger partial charge in [-0.05, 0) is 66.8 Å². The first kappa shape index (κ1) is 23.3. The predicted molar refractivity (Wildman–Crippen MR) is 138 cm³/mol. The molecule has 4 aromatic rings. The third kappa shape index (κ3) is 4.72. The second kappa shape index (κ2) is 9.28. The number of aromatic nitrogens is 2. The fourth-order valence-corrected chi connectivity index (χ4v) is 6.48. The van der Waals surface area contributed by atoms with Gasteiger partial charge in [0.1, 0.15) is 5.82 Å². The zero-order valence-corrected chi connectivity index (χ0v) is 20.5. The lowest BCUT2D eigenvalue weighted by atomic mass is 9.94. The minimum absolute atomic E-state index is 0.207. The average Bonchev–Trinajstić information content (AvgIpc) is 3.28. The molecule has 0 aliphatic carbocycles. The van der Waals surface area contributed by atoms with E-state index in [2.05, 4.69) is 29.1 Å². The first-order chi connectivity index (χ1) is 16.8. The lowest BCUT2D eigenvalue weighted by molar-refractivity contribution is 0.102. The average molecular weight is 489 g/mol. The Morgan fingerprint density at radius 2 is 1.60 bits per heavy atom. The molecule has 1 aliphatic heterocycles. The normalized spacial score (nSPS) is 19.0. The zero-order valence-electron chi connectivity index (χ0n) is 19.7. The number of hydrogen-bond acceptors (Lipinski definition) is 4. The molecule has 35 heavy (non-hydrogen) atoms. The van der Waals surface area contributed by atoms with Crippen molar-refractivity contribution in [1.82, 2.24) is 14.3 Å². The van der Waals surface area contributed by atoms with E-state index in [1.807, 2.05) is 48.5 Å². The van der Waals surface area contributed by atoms with Gasteiger partial charge in [-0.1, -0.05) is 38.1 Å². The smallest absolute Gasteiger partial charge is 0.255 e. The Morgan fingerprint density at radius 1 is 0.943 bits per heavy atom. The van der Waals surface area contributed by atoms with Crippen LogP contribution in [0.3, 0.4) is 0 Å². The number of rotatable bonds is 5. The third-order valence-electron chi connectivity index (χ3n) is 6.41. The SMILES string of the molecule is CC1CC(C)CN(S(=O)(=O)c2ccc(C(=O)Nc3ccccc3-c3nc4ccccc4[nH]3)cc2)C1. The van der Waals surface area contributed by atoms with Gasteiger partial charge < -0.3 is 10.3 Å². The highest BCUT2D eigenvalue weighted by atomic mass is 32.2. The second-order valence-corrected chi connectivity index (χ2v) is 11.3. The van der Waals surface area contributed by atoms with Crippen LogP contribution in [0.15, 0.2) is 77.7 Å². The number of piperidine rings is 1.